The predicted octanol–water partition coefficient (Wildman–Crippen LogP) is 9.81. The Morgan fingerprint density at radius 2 is 0.879 bits per heavy atom. The molecule has 5 aliphatic rings. The van der Waals surface area contributed by atoms with Crippen molar-refractivity contribution in [3.05, 3.63) is 12.2 Å². The van der Waals surface area contributed by atoms with Crippen molar-refractivity contribution in [1.82, 2.24) is 0 Å². The maximum Gasteiger partial charge on any atom is 1.00 e. The molecule has 132 heavy (non-hydrogen) atoms. The first-order valence-electron chi connectivity index (χ1n) is 51.0. The van der Waals surface area contributed by atoms with Crippen LogP contribution in [0.25, 0.3) is 0 Å². The minimum absolute atomic E-state index is 0. The van der Waals surface area contributed by atoms with Gasteiger partial charge < -0.3 is 101 Å². The molecule has 754 valence electrons. The van der Waals surface area contributed by atoms with Crippen molar-refractivity contribution >= 4 is 51.3 Å². The first-order chi connectivity index (χ1) is 61.5. The largest absolute Gasteiger partial charge is 1.00 e. The smallest absolute Gasteiger partial charge is 0.756 e. The number of unbranched alkanes of at least 4 members (excludes halogenated alkanes) is 32. The van der Waals surface area contributed by atoms with E-state index in [1.54, 1.807) is 19.1 Å². The normalized spacial score (nSPS) is 26.8. The zero-order valence-corrected chi connectivity index (χ0v) is 92.8. The van der Waals surface area contributed by atoms with Crippen LogP contribution >= 0.6 is 15.6 Å². The van der Waals surface area contributed by atoms with Crippen LogP contribution in [0.1, 0.15) is 418 Å². The number of Topliss-reactive ketones (excluding diaryl/α,β-unsaturated/α-hetero) is 1. The van der Waals surface area contributed by atoms with Gasteiger partial charge in [-0.2, -0.15) is 0 Å². The number of aliphatic hydroxyl groups is 4. The van der Waals surface area contributed by atoms with E-state index in [-0.39, 0.29) is 150 Å². The second-order valence-electron chi connectivity index (χ2n) is 38.5. The summed E-state index contributed by atoms with van der Waals surface area (Å²) in [5.41, 5.74) is -1.64. The molecule has 2 spiro atoms. The van der Waals surface area contributed by atoms with Gasteiger partial charge in [0.15, 0.2) is 18.0 Å². The summed E-state index contributed by atoms with van der Waals surface area (Å²) in [6, 6.07) is 0. The van der Waals surface area contributed by atoms with Crippen LogP contribution in [0.2, 0.25) is 0 Å². The van der Waals surface area contributed by atoms with Gasteiger partial charge in [-0.1, -0.05) is 289 Å². The van der Waals surface area contributed by atoms with E-state index in [0.717, 1.165) is 109 Å². The second kappa shape index (κ2) is 71.2. The van der Waals surface area contributed by atoms with Crippen LogP contribution in [0.4, 0.5) is 0 Å². The molecule has 0 aromatic rings. The summed E-state index contributed by atoms with van der Waals surface area (Å²) in [6.07, 6.45) is 39.4. The molecular weight excluding hydrogens is 1770 g/mol. The third kappa shape index (κ3) is 48.8. The minimum Gasteiger partial charge on any atom is -0.756 e. The molecule has 0 bridgehead atoms. The number of aliphatic hydroxyl groups excluding tert-OH is 3. The van der Waals surface area contributed by atoms with Crippen LogP contribution < -0.4 is 104 Å². The van der Waals surface area contributed by atoms with E-state index in [2.05, 4.69) is 48.5 Å². The first kappa shape index (κ1) is 130. The number of ketones is 1. The number of carbonyl (C=O) groups excluding carboxylic acids is 6. The number of phosphoric acid groups is 2. The van der Waals surface area contributed by atoms with E-state index in [1.807, 2.05) is 41.5 Å². The van der Waals surface area contributed by atoms with Crippen LogP contribution in [0.3, 0.4) is 0 Å². The van der Waals surface area contributed by atoms with Gasteiger partial charge in [-0.15, -0.1) is 0 Å². The zero-order chi connectivity index (χ0) is 95.5. The van der Waals surface area contributed by atoms with Gasteiger partial charge in [0.25, 0.3) is 15.6 Å². The maximum absolute atomic E-state index is 14.4. The van der Waals surface area contributed by atoms with Crippen LogP contribution in [0, 0.1) is 41.4 Å². The fourth-order valence-corrected chi connectivity index (χ4v) is 20.4. The number of carboxylic acids is 1. The van der Waals surface area contributed by atoms with Gasteiger partial charge in [-0.3, -0.25) is 33.1 Å². The molecule has 22 atom stereocenters. The SMILES string of the molecule is CCC(C(=O)[O-])C1CCC(C)C(C(C)C(O)C(C)C(=O)C(CC)C2OC3(C=CC(O)C4(CCC(C)(C5CCC(O)(CC)C(C)O5)O4)O3)C(C)CC2C)O1.CCCCCCCCCCCC(=O)OCC(COP(=O)([O-])OCC(O)COP(=O)([O-])OCC(COC(=O)CCCCCCCCCCC)OC(=O)CCCCCCCCCCC)OC(=O)CCCCCCCCCCC.[Na+].[Na+].[Na+]. The number of rotatable bonds is 70. The van der Waals surface area contributed by atoms with E-state index in [1.165, 1.54) is 103 Å². The van der Waals surface area contributed by atoms with Crippen molar-refractivity contribution in [1.29, 1.82) is 0 Å². The number of carbonyl (C=O) groups is 6. The topological polar surface area (TPSA) is 407 Å². The number of esters is 4. The molecule has 4 saturated heterocycles. The quantitative estimate of drug-likeness (QED) is 0.0110. The standard InChI is InChI=1S/C57H110O17P2.C42H70O11.3Na/c1-5-9-13-17-21-25-29-33-37-41-54(59)67-47-52(73-56(61)43-39-35-31-27-23-19-15-11-7-3)49-71-75(63,64)69-45-51(58)46-70-76(65,66)72-50-53(74-57(62)44-40-36-32-28-24-20-16-12-8-4)48-68-55(60)42-38-34-30-26-22-18-14-10-6-2;1-11-29(38(46)47)31-15-14-23(4)36(50-31)27(8)34(44)26(7)35(45)30(12-2)37-24(5)22-25(6)41(51-37)19-16-32(43)42(53-41)21-20-39(10,52-42)33-17-18-40(48,13-3)28(9)49-33;;;/h51-53,58H,5-50H2,1-4H3,(H,63,64)(H,65,66);16,19,23-34,36-37,43-44,48H,11-15,17-18,20-22H2,1-10H3,(H,46,47);;;/q;;3*+1/p-3. The molecule has 5 rings (SSSR count). The van der Waals surface area contributed by atoms with Crippen molar-refractivity contribution in [3.63, 3.8) is 0 Å². The molecule has 5 aliphatic heterocycles. The number of aliphatic carboxylic acids is 1. The van der Waals surface area contributed by atoms with Crippen LogP contribution in [0.15, 0.2) is 12.2 Å². The Morgan fingerprint density at radius 1 is 0.485 bits per heavy atom. The molecule has 33 heteroatoms. The van der Waals surface area contributed by atoms with E-state index in [4.69, 9.17) is 60.7 Å². The Bertz CT molecular complexity index is 3130. The van der Waals surface area contributed by atoms with Crippen molar-refractivity contribution in [2.45, 2.75) is 502 Å². The van der Waals surface area contributed by atoms with Crippen molar-refractivity contribution in [3.8, 4) is 0 Å². The Kier molecular flexibility index (Phi) is 69.9. The molecule has 5 heterocycles. The minimum atomic E-state index is -5.20. The Balaban J connectivity index is 0.00000136. The van der Waals surface area contributed by atoms with Gasteiger partial charge >= 0.3 is 113 Å². The van der Waals surface area contributed by atoms with Gasteiger partial charge in [0.05, 0.1) is 74.3 Å². The number of hydrogen-bond acceptors (Lipinski definition) is 28. The molecular formula is C99H177Na3O28P2. The molecule has 0 aromatic carbocycles. The zero-order valence-electron chi connectivity index (χ0n) is 85.0. The molecule has 4 N–H and O–H groups in total. The average molecular weight is 1950 g/mol. The predicted molar refractivity (Wildman–Crippen MR) is 490 cm³/mol. The summed E-state index contributed by atoms with van der Waals surface area (Å²) in [5.74, 6) is -8.48. The van der Waals surface area contributed by atoms with Crippen LogP contribution in [-0.2, 0) is 98.6 Å². The molecule has 22 unspecified atom stereocenters. The van der Waals surface area contributed by atoms with Gasteiger partial charge in [-0.25, -0.2) is 0 Å². The second-order valence-corrected chi connectivity index (χ2v) is 41.4. The third-order valence-corrected chi connectivity index (χ3v) is 29.4. The van der Waals surface area contributed by atoms with Gasteiger partial charge in [-0.05, 0) is 121 Å². The van der Waals surface area contributed by atoms with Crippen molar-refractivity contribution in [2.75, 3.05) is 39.6 Å². The summed E-state index contributed by atoms with van der Waals surface area (Å²) in [4.78, 5) is 102. The third-order valence-electron chi connectivity index (χ3n) is 27.5. The van der Waals surface area contributed by atoms with E-state index in [0.29, 0.717) is 83.5 Å². The Hall–Kier alpha value is -0.380. The fraction of sp³-hybridized carbons (Fsp3) is 0.919. The Morgan fingerprint density at radius 3 is 1.27 bits per heavy atom. The van der Waals surface area contributed by atoms with Crippen LogP contribution in [-0.4, -0.2) is 180 Å². The van der Waals surface area contributed by atoms with Gasteiger partial charge in [0, 0.05) is 67.7 Å². The molecule has 28 nitrogen and oxygen atoms in total. The summed E-state index contributed by atoms with van der Waals surface area (Å²) in [6.45, 7) is 23.9. The van der Waals surface area contributed by atoms with E-state index in [9.17, 15) is 73.2 Å². The molecule has 4 fully saturated rings. The molecule has 0 aromatic heterocycles. The summed E-state index contributed by atoms with van der Waals surface area (Å²) in [5, 5.41) is 56.4. The number of hydrogen-bond donors (Lipinski definition) is 4. The van der Waals surface area contributed by atoms with Gasteiger partial charge in [0.2, 0.25) is 5.79 Å². The van der Waals surface area contributed by atoms with E-state index >= 15 is 0 Å². The molecule has 0 radical (unpaired) electrons. The first-order valence-corrected chi connectivity index (χ1v) is 53.9. The fourth-order valence-electron chi connectivity index (χ4n) is 18.9. The number of ether oxygens (including phenoxy) is 9. The number of carboxylic acid groups (broad SMARTS) is 1. The monoisotopic (exact) mass is 1950 g/mol. The molecule has 0 aliphatic carbocycles. The maximum atomic E-state index is 14.4. The average Bonchev–Trinajstić information content (AvgIpc) is 1.48. The summed E-state index contributed by atoms with van der Waals surface area (Å²) < 4.78 is 100. The molecule has 0 saturated carbocycles. The van der Waals surface area contributed by atoms with Gasteiger partial charge in [0.1, 0.15) is 31.2 Å². The summed E-state index contributed by atoms with van der Waals surface area (Å²) >= 11 is 0. The molecule has 0 amide bonds. The van der Waals surface area contributed by atoms with Crippen molar-refractivity contribution in [2.24, 2.45) is 41.4 Å². The van der Waals surface area contributed by atoms with E-state index < -0.39 is 180 Å². The summed E-state index contributed by atoms with van der Waals surface area (Å²) in [7, 11) is -10.4. The number of phosphoric ester groups is 2. The van der Waals surface area contributed by atoms with Crippen molar-refractivity contribution < 1.29 is 223 Å². The Labute approximate surface area is 861 Å². The van der Waals surface area contributed by atoms with Crippen LogP contribution in [0.5, 0.6) is 0 Å².